The summed E-state index contributed by atoms with van der Waals surface area (Å²) in [5.41, 5.74) is 3.92. The molecule has 2 aliphatic rings. The van der Waals surface area contributed by atoms with Gasteiger partial charge in [0, 0.05) is 36.5 Å². The van der Waals surface area contributed by atoms with Crippen molar-refractivity contribution in [1.29, 1.82) is 0 Å². The standard InChI is InChI=1S/C27H25F3N4O2S/c1-35-24-11-16(5-6-20(24)19-14-31-27(37-2)32-15-19)10-17-4-3-8-34-23(7-9-36-33-26(17)34)18-12-21(28)25(30)22(29)13-18/h5-6,10-15,23H,3-4,7-9H2,1-2H3/b17-10+. The molecule has 10 heteroatoms. The van der Waals surface area contributed by atoms with Crippen molar-refractivity contribution in [1.82, 2.24) is 14.9 Å². The van der Waals surface area contributed by atoms with Gasteiger partial charge in [-0.2, -0.15) is 0 Å². The molecule has 0 radical (unpaired) electrons. The third kappa shape index (κ3) is 5.16. The first-order valence-electron chi connectivity index (χ1n) is 11.8. The first kappa shape index (κ1) is 25.1. The topological polar surface area (TPSA) is 59.8 Å². The Morgan fingerprint density at radius 2 is 1.86 bits per heavy atom. The van der Waals surface area contributed by atoms with Gasteiger partial charge >= 0.3 is 0 Å². The number of benzene rings is 2. The van der Waals surface area contributed by atoms with Crippen LogP contribution in [0.1, 0.15) is 36.4 Å². The van der Waals surface area contributed by atoms with Crippen LogP contribution in [0.25, 0.3) is 17.2 Å². The van der Waals surface area contributed by atoms with Crippen molar-refractivity contribution < 1.29 is 22.7 Å². The molecule has 1 saturated heterocycles. The van der Waals surface area contributed by atoms with E-state index in [4.69, 9.17) is 9.57 Å². The van der Waals surface area contributed by atoms with Gasteiger partial charge < -0.3 is 14.5 Å². The van der Waals surface area contributed by atoms with Gasteiger partial charge in [0.15, 0.2) is 28.4 Å². The molecular formula is C27H25F3N4O2S. The Balaban J connectivity index is 1.47. The number of fused-ring (bicyclic) bond motifs is 1. The normalized spacial score (nSPS) is 18.6. The first-order valence-corrected chi connectivity index (χ1v) is 13.1. The highest BCUT2D eigenvalue weighted by Gasteiger charge is 2.32. The molecule has 37 heavy (non-hydrogen) atoms. The predicted octanol–water partition coefficient (Wildman–Crippen LogP) is 6.25. The lowest BCUT2D eigenvalue weighted by atomic mass is 9.94. The average molecular weight is 527 g/mol. The molecule has 1 aromatic heterocycles. The summed E-state index contributed by atoms with van der Waals surface area (Å²) in [6.45, 7) is 0.914. The van der Waals surface area contributed by atoms with Crippen LogP contribution in [0.15, 0.2) is 58.6 Å². The van der Waals surface area contributed by atoms with Gasteiger partial charge in [-0.25, -0.2) is 23.1 Å². The lowest BCUT2D eigenvalue weighted by Crippen LogP contribution is -2.39. The summed E-state index contributed by atoms with van der Waals surface area (Å²) in [6.07, 6.45) is 9.52. The number of thioether (sulfide) groups is 1. The summed E-state index contributed by atoms with van der Waals surface area (Å²) < 4.78 is 47.3. The average Bonchev–Trinajstić information content (AvgIpc) is 3.15. The maximum atomic E-state index is 14.0. The summed E-state index contributed by atoms with van der Waals surface area (Å²) >= 11 is 1.48. The molecule has 2 aliphatic heterocycles. The van der Waals surface area contributed by atoms with Gasteiger partial charge in [0.25, 0.3) is 0 Å². The molecule has 6 nitrogen and oxygen atoms in total. The van der Waals surface area contributed by atoms with Gasteiger partial charge in [0.05, 0.1) is 13.2 Å². The largest absolute Gasteiger partial charge is 0.496 e. The summed E-state index contributed by atoms with van der Waals surface area (Å²) in [4.78, 5) is 16.2. The van der Waals surface area contributed by atoms with Crippen LogP contribution in [0.4, 0.5) is 13.2 Å². The second-order valence-corrected chi connectivity index (χ2v) is 9.51. The van der Waals surface area contributed by atoms with E-state index < -0.39 is 23.5 Å². The molecule has 0 aliphatic carbocycles. The highest BCUT2D eigenvalue weighted by atomic mass is 32.2. The number of aromatic nitrogens is 2. The molecule has 1 atom stereocenters. The number of nitrogens with zero attached hydrogens (tertiary/aromatic N) is 4. The number of ether oxygens (including phenoxy) is 1. The summed E-state index contributed by atoms with van der Waals surface area (Å²) in [5.74, 6) is -2.58. The van der Waals surface area contributed by atoms with Crippen LogP contribution in [-0.4, -0.2) is 47.2 Å². The molecule has 1 unspecified atom stereocenters. The number of hydrogen-bond acceptors (Lipinski definition) is 7. The zero-order valence-corrected chi connectivity index (χ0v) is 21.2. The summed E-state index contributed by atoms with van der Waals surface area (Å²) in [6, 6.07) is 7.60. The van der Waals surface area contributed by atoms with E-state index in [1.165, 1.54) is 11.8 Å². The van der Waals surface area contributed by atoms with E-state index in [1.54, 1.807) is 19.5 Å². The zero-order valence-electron chi connectivity index (χ0n) is 20.4. The van der Waals surface area contributed by atoms with Crippen molar-refractivity contribution in [3.8, 4) is 16.9 Å². The van der Waals surface area contributed by atoms with Crippen molar-refractivity contribution in [3.63, 3.8) is 0 Å². The molecule has 5 rings (SSSR count). The molecule has 3 aromatic rings. The number of methoxy groups -OCH3 is 1. The number of piperidine rings is 1. The maximum absolute atomic E-state index is 14.0. The van der Waals surface area contributed by atoms with Crippen molar-refractivity contribution in [2.75, 3.05) is 26.5 Å². The number of hydrogen-bond donors (Lipinski definition) is 0. The van der Waals surface area contributed by atoms with Crippen LogP contribution in [-0.2, 0) is 4.84 Å². The molecular weight excluding hydrogens is 501 g/mol. The second kappa shape index (κ2) is 10.8. The Hall–Kier alpha value is -3.53. The van der Waals surface area contributed by atoms with Crippen LogP contribution in [0.5, 0.6) is 5.75 Å². The molecule has 0 amide bonds. The molecule has 0 saturated carbocycles. The molecule has 192 valence electrons. The van der Waals surface area contributed by atoms with Crippen LogP contribution >= 0.6 is 11.8 Å². The quantitative estimate of drug-likeness (QED) is 0.223. The molecule has 0 spiro atoms. The minimum absolute atomic E-state index is 0.276. The van der Waals surface area contributed by atoms with E-state index in [1.807, 2.05) is 35.4 Å². The lowest BCUT2D eigenvalue weighted by Gasteiger charge is -2.36. The van der Waals surface area contributed by atoms with Crippen molar-refractivity contribution in [3.05, 3.63) is 76.9 Å². The smallest absolute Gasteiger partial charge is 0.194 e. The van der Waals surface area contributed by atoms with Crippen molar-refractivity contribution in [2.45, 2.75) is 30.5 Å². The number of halogens is 3. The lowest BCUT2D eigenvalue weighted by molar-refractivity contribution is 0.140. The van der Waals surface area contributed by atoms with E-state index in [0.717, 1.165) is 47.2 Å². The highest BCUT2D eigenvalue weighted by Crippen LogP contribution is 2.36. The van der Waals surface area contributed by atoms with E-state index in [9.17, 15) is 13.2 Å². The van der Waals surface area contributed by atoms with Gasteiger partial charge in [0.1, 0.15) is 12.4 Å². The van der Waals surface area contributed by atoms with Gasteiger partial charge in [-0.3, -0.25) is 0 Å². The molecule has 0 N–H and O–H groups in total. The minimum Gasteiger partial charge on any atom is -0.496 e. The van der Waals surface area contributed by atoms with Gasteiger partial charge in [-0.15, -0.1) is 0 Å². The monoisotopic (exact) mass is 526 g/mol. The van der Waals surface area contributed by atoms with Crippen molar-refractivity contribution in [2.24, 2.45) is 5.16 Å². The minimum atomic E-state index is -1.47. The summed E-state index contributed by atoms with van der Waals surface area (Å²) in [7, 11) is 1.62. The van der Waals surface area contributed by atoms with Crippen LogP contribution < -0.4 is 4.74 Å². The fourth-order valence-corrected chi connectivity index (χ4v) is 5.05. The maximum Gasteiger partial charge on any atom is 0.194 e. The van der Waals surface area contributed by atoms with Crippen LogP contribution in [0.3, 0.4) is 0 Å². The van der Waals surface area contributed by atoms with E-state index in [0.29, 0.717) is 35.3 Å². The van der Waals surface area contributed by atoms with Crippen LogP contribution in [0, 0.1) is 17.5 Å². The second-order valence-electron chi connectivity index (χ2n) is 8.74. The van der Waals surface area contributed by atoms with E-state index in [-0.39, 0.29) is 6.61 Å². The fraction of sp³-hybridized carbons (Fsp3) is 0.296. The first-order chi connectivity index (χ1) is 18.0. The molecule has 1 fully saturated rings. The Bertz CT molecular complexity index is 1340. The zero-order chi connectivity index (χ0) is 25.9. The fourth-order valence-electron chi connectivity index (χ4n) is 4.73. The predicted molar refractivity (Wildman–Crippen MR) is 137 cm³/mol. The van der Waals surface area contributed by atoms with Gasteiger partial charge in [0.2, 0.25) is 0 Å². The van der Waals surface area contributed by atoms with E-state index >= 15 is 0 Å². The Labute approximate surface area is 217 Å². The molecule has 0 bridgehead atoms. The third-order valence-corrected chi connectivity index (χ3v) is 7.07. The number of rotatable bonds is 5. The SMILES string of the molecule is COc1cc(/C=C2\CCCN3C2=NOCCC3c2cc(F)c(F)c(F)c2)ccc1-c1cnc(SC)nc1. The van der Waals surface area contributed by atoms with E-state index in [2.05, 4.69) is 15.1 Å². The number of oxime groups is 1. The van der Waals surface area contributed by atoms with Crippen molar-refractivity contribution >= 4 is 23.7 Å². The molecule has 3 heterocycles. The van der Waals surface area contributed by atoms with Gasteiger partial charge in [-0.1, -0.05) is 23.0 Å². The number of amidine groups is 1. The Morgan fingerprint density at radius 3 is 2.57 bits per heavy atom. The van der Waals surface area contributed by atoms with Crippen LogP contribution in [0.2, 0.25) is 0 Å². The highest BCUT2D eigenvalue weighted by molar-refractivity contribution is 7.98. The molecule has 2 aromatic carbocycles. The van der Waals surface area contributed by atoms with Gasteiger partial charge in [-0.05, 0) is 66.1 Å². The summed E-state index contributed by atoms with van der Waals surface area (Å²) in [5, 5.41) is 5.04. The Morgan fingerprint density at radius 1 is 1.11 bits per heavy atom. The Kier molecular flexibility index (Phi) is 7.36. The third-order valence-electron chi connectivity index (χ3n) is 6.49.